The van der Waals surface area contributed by atoms with Gasteiger partial charge in [-0.2, -0.15) is 0 Å². The molecule has 0 unspecified atom stereocenters. The first-order valence-electron chi connectivity index (χ1n) is 6.09. The summed E-state index contributed by atoms with van der Waals surface area (Å²) in [5.74, 6) is -0.977. The zero-order valence-electron chi connectivity index (χ0n) is 10.7. The summed E-state index contributed by atoms with van der Waals surface area (Å²) in [7, 11) is 0. The molecule has 1 aliphatic heterocycles. The molecule has 106 valence electrons. The molecule has 8 heteroatoms. The lowest BCUT2D eigenvalue weighted by atomic mass is 10.2. The van der Waals surface area contributed by atoms with Gasteiger partial charge in [0.15, 0.2) is 0 Å². The second kappa shape index (κ2) is 4.75. The van der Waals surface area contributed by atoms with E-state index in [9.17, 15) is 19.2 Å². The van der Waals surface area contributed by atoms with Crippen LogP contribution in [0.15, 0.2) is 39.9 Å². The average molecular weight is 286 g/mol. The van der Waals surface area contributed by atoms with Gasteiger partial charge in [-0.15, -0.1) is 0 Å². The summed E-state index contributed by atoms with van der Waals surface area (Å²) in [6.07, 6.45) is 0. The predicted molar refractivity (Wildman–Crippen MR) is 74.4 cm³/mol. The standard InChI is InChI=1S/C13H10N4O4/c18-10-5-8(15-13(21)16-10)12(20)17-6-11(19)14-7-3-1-2-4-9(7)17/h1-5H,6H2,(H,14,19)(H2,15,16,18,21). The molecule has 0 bridgehead atoms. The first-order valence-corrected chi connectivity index (χ1v) is 6.09. The van der Waals surface area contributed by atoms with Crippen LogP contribution in [0.4, 0.5) is 11.4 Å². The number of benzene rings is 1. The monoisotopic (exact) mass is 286 g/mol. The van der Waals surface area contributed by atoms with Crippen molar-refractivity contribution in [1.29, 1.82) is 0 Å². The van der Waals surface area contributed by atoms with Crippen molar-refractivity contribution in [3.8, 4) is 0 Å². The Balaban J connectivity index is 2.08. The van der Waals surface area contributed by atoms with Crippen LogP contribution in [-0.4, -0.2) is 28.3 Å². The Morgan fingerprint density at radius 3 is 2.62 bits per heavy atom. The lowest BCUT2D eigenvalue weighted by Gasteiger charge is -2.28. The Morgan fingerprint density at radius 1 is 1.10 bits per heavy atom. The Labute approximate surface area is 117 Å². The minimum absolute atomic E-state index is 0.173. The van der Waals surface area contributed by atoms with Crippen LogP contribution in [0.25, 0.3) is 0 Å². The van der Waals surface area contributed by atoms with E-state index in [2.05, 4.69) is 10.3 Å². The maximum Gasteiger partial charge on any atom is 0.326 e. The van der Waals surface area contributed by atoms with Crippen molar-refractivity contribution in [3.05, 3.63) is 56.9 Å². The Kier molecular flexibility index (Phi) is 2.90. The van der Waals surface area contributed by atoms with Crippen LogP contribution in [0.5, 0.6) is 0 Å². The molecule has 0 aliphatic carbocycles. The maximum atomic E-state index is 12.4. The van der Waals surface area contributed by atoms with Gasteiger partial charge in [-0.25, -0.2) is 4.79 Å². The molecule has 2 aromatic rings. The molecular formula is C13H10N4O4. The van der Waals surface area contributed by atoms with Gasteiger partial charge in [0, 0.05) is 6.07 Å². The molecule has 3 N–H and O–H groups in total. The molecule has 3 rings (SSSR count). The Bertz CT molecular complexity index is 823. The number of nitrogens with zero attached hydrogens (tertiary/aromatic N) is 1. The molecule has 2 amide bonds. The van der Waals surface area contributed by atoms with Crippen molar-refractivity contribution in [3.63, 3.8) is 0 Å². The smallest absolute Gasteiger partial charge is 0.323 e. The van der Waals surface area contributed by atoms with Crippen molar-refractivity contribution >= 4 is 23.2 Å². The number of nitrogens with one attached hydrogen (secondary N) is 3. The highest BCUT2D eigenvalue weighted by Gasteiger charge is 2.28. The van der Waals surface area contributed by atoms with Crippen molar-refractivity contribution in [2.45, 2.75) is 0 Å². The minimum Gasteiger partial charge on any atom is -0.323 e. The Morgan fingerprint density at radius 2 is 1.86 bits per heavy atom. The third-order valence-corrected chi connectivity index (χ3v) is 3.01. The van der Waals surface area contributed by atoms with Gasteiger partial charge in [0.25, 0.3) is 11.5 Å². The van der Waals surface area contributed by atoms with Crippen LogP contribution in [0.1, 0.15) is 10.5 Å². The van der Waals surface area contributed by atoms with Gasteiger partial charge in [-0.05, 0) is 12.1 Å². The molecular weight excluding hydrogens is 276 g/mol. The lowest BCUT2D eigenvalue weighted by molar-refractivity contribution is -0.115. The van der Waals surface area contributed by atoms with E-state index in [0.717, 1.165) is 6.07 Å². The second-order valence-corrected chi connectivity index (χ2v) is 4.46. The fourth-order valence-electron chi connectivity index (χ4n) is 2.14. The second-order valence-electron chi connectivity index (χ2n) is 4.46. The first-order chi connectivity index (χ1) is 10.0. The SMILES string of the molecule is O=C1CN(C(=O)c2cc(=O)[nH]c(=O)[nH]2)c2ccccc2N1. The van der Waals surface area contributed by atoms with Crippen LogP contribution in [0.2, 0.25) is 0 Å². The number of hydrogen-bond donors (Lipinski definition) is 3. The maximum absolute atomic E-state index is 12.4. The molecule has 0 atom stereocenters. The molecule has 0 saturated heterocycles. The number of anilines is 2. The number of hydrogen-bond acceptors (Lipinski definition) is 4. The molecule has 0 radical (unpaired) electrons. The number of amides is 2. The normalized spacial score (nSPS) is 13.5. The van der Waals surface area contributed by atoms with Crippen LogP contribution in [0.3, 0.4) is 0 Å². The highest BCUT2D eigenvalue weighted by molar-refractivity contribution is 6.14. The first kappa shape index (κ1) is 12.9. The van der Waals surface area contributed by atoms with Crippen LogP contribution in [0, 0.1) is 0 Å². The largest absolute Gasteiger partial charge is 0.326 e. The van der Waals surface area contributed by atoms with E-state index < -0.39 is 17.2 Å². The fourth-order valence-corrected chi connectivity index (χ4v) is 2.14. The fraction of sp³-hybridized carbons (Fsp3) is 0.0769. The van der Waals surface area contributed by atoms with Crippen molar-refractivity contribution in [1.82, 2.24) is 9.97 Å². The summed E-state index contributed by atoms with van der Waals surface area (Å²) in [5.41, 5.74) is -0.636. The van der Waals surface area contributed by atoms with Gasteiger partial charge < -0.3 is 10.3 Å². The molecule has 1 aliphatic rings. The third kappa shape index (κ3) is 2.34. The molecule has 0 spiro atoms. The number of aromatic nitrogens is 2. The summed E-state index contributed by atoms with van der Waals surface area (Å²) >= 11 is 0. The van der Waals surface area contributed by atoms with E-state index in [1.807, 2.05) is 4.98 Å². The van der Waals surface area contributed by atoms with Gasteiger partial charge in [-0.1, -0.05) is 12.1 Å². The molecule has 0 fully saturated rings. The summed E-state index contributed by atoms with van der Waals surface area (Å²) in [6, 6.07) is 7.75. The molecule has 0 saturated carbocycles. The summed E-state index contributed by atoms with van der Waals surface area (Å²) in [5, 5.41) is 2.65. The zero-order valence-corrected chi connectivity index (χ0v) is 10.7. The molecule has 8 nitrogen and oxygen atoms in total. The van der Waals surface area contributed by atoms with E-state index in [4.69, 9.17) is 0 Å². The predicted octanol–water partition coefficient (Wildman–Crippen LogP) is -0.338. The van der Waals surface area contributed by atoms with Crippen LogP contribution in [-0.2, 0) is 4.79 Å². The number of carbonyl (C=O) groups is 2. The lowest BCUT2D eigenvalue weighted by Crippen LogP contribution is -2.43. The van der Waals surface area contributed by atoms with E-state index >= 15 is 0 Å². The average Bonchev–Trinajstić information content (AvgIpc) is 2.44. The van der Waals surface area contributed by atoms with Crippen molar-refractivity contribution in [2.75, 3.05) is 16.8 Å². The van der Waals surface area contributed by atoms with Gasteiger partial charge in [-0.3, -0.25) is 24.3 Å². The molecule has 1 aromatic heterocycles. The minimum atomic E-state index is -0.777. The van der Waals surface area contributed by atoms with E-state index in [1.54, 1.807) is 24.3 Å². The van der Waals surface area contributed by atoms with Crippen LogP contribution >= 0.6 is 0 Å². The number of rotatable bonds is 1. The zero-order chi connectivity index (χ0) is 15.0. The summed E-state index contributed by atoms with van der Waals surface area (Å²) in [4.78, 5) is 52.1. The molecule has 2 heterocycles. The third-order valence-electron chi connectivity index (χ3n) is 3.01. The topological polar surface area (TPSA) is 115 Å². The number of H-pyrrole nitrogens is 2. The highest BCUT2D eigenvalue weighted by atomic mass is 16.2. The molecule has 1 aromatic carbocycles. The quantitative estimate of drug-likeness (QED) is 0.665. The summed E-state index contributed by atoms with van der Waals surface area (Å²) < 4.78 is 0. The molecule has 21 heavy (non-hydrogen) atoms. The van der Waals surface area contributed by atoms with Gasteiger partial charge in [0.1, 0.15) is 12.2 Å². The van der Waals surface area contributed by atoms with Gasteiger partial charge >= 0.3 is 5.69 Å². The number of para-hydroxylation sites is 2. The summed E-state index contributed by atoms with van der Waals surface area (Å²) in [6.45, 7) is -0.190. The van der Waals surface area contributed by atoms with E-state index in [0.29, 0.717) is 11.4 Å². The highest BCUT2D eigenvalue weighted by Crippen LogP contribution is 2.29. The Hall–Kier alpha value is -3.16. The number of aromatic amines is 2. The van der Waals surface area contributed by atoms with Crippen molar-refractivity contribution < 1.29 is 9.59 Å². The number of fused-ring (bicyclic) bond motifs is 1. The van der Waals surface area contributed by atoms with Crippen LogP contribution < -0.4 is 21.5 Å². The van der Waals surface area contributed by atoms with E-state index in [-0.39, 0.29) is 18.1 Å². The van der Waals surface area contributed by atoms with Gasteiger partial charge in [0.2, 0.25) is 5.91 Å². The number of carbonyl (C=O) groups excluding carboxylic acids is 2. The van der Waals surface area contributed by atoms with E-state index in [1.165, 1.54) is 4.90 Å². The van der Waals surface area contributed by atoms with Gasteiger partial charge in [0.05, 0.1) is 11.4 Å². The van der Waals surface area contributed by atoms with Crippen molar-refractivity contribution in [2.24, 2.45) is 0 Å².